The van der Waals surface area contributed by atoms with Gasteiger partial charge in [0.1, 0.15) is 0 Å². The number of aromatic amines is 1. The Morgan fingerprint density at radius 3 is 3.07 bits per heavy atom. The second-order valence-electron chi connectivity index (χ2n) is 3.25. The van der Waals surface area contributed by atoms with Crippen LogP contribution < -0.4 is 5.32 Å². The Kier molecular flexibility index (Phi) is 2.23. The molecule has 1 aromatic carbocycles. The van der Waals surface area contributed by atoms with E-state index in [-0.39, 0.29) is 5.91 Å². The standard InChI is InChI=1S/C11H12N2O/c1-12-11(14)7-8-2-3-9-4-5-13-10(9)6-8/h2-6,13H,7H2,1H3,(H,12,14). The summed E-state index contributed by atoms with van der Waals surface area (Å²) in [6.45, 7) is 0. The SMILES string of the molecule is CNC(=O)Cc1ccc2cc[nH]c2c1. The van der Waals surface area contributed by atoms with Crippen LogP contribution in [0.3, 0.4) is 0 Å². The first-order valence-electron chi connectivity index (χ1n) is 4.56. The molecular formula is C11H12N2O. The van der Waals surface area contributed by atoms with E-state index in [1.165, 1.54) is 5.39 Å². The average molecular weight is 188 g/mol. The van der Waals surface area contributed by atoms with Crippen LogP contribution in [0.5, 0.6) is 0 Å². The summed E-state index contributed by atoms with van der Waals surface area (Å²) in [7, 11) is 1.65. The first-order chi connectivity index (χ1) is 6.79. The first-order valence-corrected chi connectivity index (χ1v) is 4.56. The van der Waals surface area contributed by atoms with Gasteiger partial charge in [-0.25, -0.2) is 0 Å². The number of nitrogens with one attached hydrogen (secondary N) is 2. The summed E-state index contributed by atoms with van der Waals surface area (Å²) >= 11 is 0. The van der Waals surface area contributed by atoms with Crippen LogP contribution in [-0.2, 0) is 11.2 Å². The molecule has 0 aliphatic rings. The van der Waals surface area contributed by atoms with Crippen LogP contribution in [0.2, 0.25) is 0 Å². The van der Waals surface area contributed by atoms with E-state index in [1.807, 2.05) is 30.5 Å². The molecular weight excluding hydrogens is 176 g/mol. The van der Waals surface area contributed by atoms with Crippen LogP contribution in [0.15, 0.2) is 30.5 Å². The Bertz CT molecular complexity index is 459. The summed E-state index contributed by atoms with van der Waals surface area (Å²) in [5.74, 6) is 0.0379. The lowest BCUT2D eigenvalue weighted by Crippen LogP contribution is -2.19. The van der Waals surface area contributed by atoms with Crippen LogP contribution in [-0.4, -0.2) is 17.9 Å². The third kappa shape index (κ3) is 1.62. The van der Waals surface area contributed by atoms with E-state index in [4.69, 9.17) is 0 Å². The van der Waals surface area contributed by atoms with Crippen LogP contribution in [0, 0.1) is 0 Å². The van der Waals surface area contributed by atoms with Gasteiger partial charge in [0.15, 0.2) is 0 Å². The van der Waals surface area contributed by atoms with Gasteiger partial charge in [0.2, 0.25) is 5.91 Å². The molecule has 72 valence electrons. The number of carbonyl (C=O) groups is 1. The lowest BCUT2D eigenvalue weighted by molar-refractivity contribution is -0.119. The maximum atomic E-state index is 11.1. The smallest absolute Gasteiger partial charge is 0.224 e. The molecule has 0 aliphatic heterocycles. The van der Waals surface area contributed by atoms with E-state index < -0.39 is 0 Å². The molecule has 0 unspecified atom stereocenters. The molecule has 0 bridgehead atoms. The number of H-pyrrole nitrogens is 1. The summed E-state index contributed by atoms with van der Waals surface area (Å²) in [6.07, 6.45) is 2.33. The van der Waals surface area contributed by atoms with Crippen LogP contribution in [0.4, 0.5) is 0 Å². The number of fused-ring (bicyclic) bond motifs is 1. The van der Waals surface area contributed by atoms with Gasteiger partial charge in [-0.3, -0.25) is 4.79 Å². The van der Waals surface area contributed by atoms with Crippen molar-refractivity contribution in [3.05, 3.63) is 36.0 Å². The molecule has 0 aliphatic carbocycles. The van der Waals surface area contributed by atoms with Crippen molar-refractivity contribution in [2.75, 3.05) is 7.05 Å². The predicted molar refractivity (Wildman–Crippen MR) is 56.1 cm³/mol. The fraction of sp³-hybridized carbons (Fsp3) is 0.182. The van der Waals surface area contributed by atoms with Gasteiger partial charge in [-0.2, -0.15) is 0 Å². The highest BCUT2D eigenvalue weighted by Crippen LogP contribution is 2.14. The number of carbonyl (C=O) groups excluding carboxylic acids is 1. The maximum absolute atomic E-state index is 11.1. The van der Waals surface area contributed by atoms with Crippen molar-refractivity contribution >= 4 is 16.8 Å². The van der Waals surface area contributed by atoms with Gasteiger partial charge in [0.05, 0.1) is 6.42 Å². The fourth-order valence-corrected chi connectivity index (χ4v) is 1.48. The van der Waals surface area contributed by atoms with Crippen LogP contribution in [0.1, 0.15) is 5.56 Å². The van der Waals surface area contributed by atoms with Gasteiger partial charge in [-0.1, -0.05) is 12.1 Å². The highest BCUT2D eigenvalue weighted by molar-refractivity contribution is 5.83. The monoisotopic (exact) mass is 188 g/mol. The zero-order valence-electron chi connectivity index (χ0n) is 8.00. The number of amides is 1. The van der Waals surface area contributed by atoms with Crippen molar-refractivity contribution in [3.8, 4) is 0 Å². The zero-order chi connectivity index (χ0) is 9.97. The van der Waals surface area contributed by atoms with Crippen molar-refractivity contribution in [2.24, 2.45) is 0 Å². The Hall–Kier alpha value is -1.77. The summed E-state index contributed by atoms with van der Waals surface area (Å²) in [4.78, 5) is 14.3. The Balaban J connectivity index is 2.30. The average Bonchev–Trinajstić information content (AvgIpc) is 2.64. The van der Waals surface area contributed by atoms with Gasteiger partial charge in [-0.15, -0.1) is 0 Å². The van der Waals surface area contributed by atoms with E-state index in [0.29, 0.717) is 6.42 Å². The minimum atomic E-state index is 0.0379. The molecule has 1 aromatic heterocycles. The lowest BCUT2D eigenvalue weighted by Gasteiger charge is -2.00. The fourth-order valence-electron chi connectivity index (χ4n) is 1.48. The second-order valence-corrected chi connectivity index (χ2v) is 3.25. The highest BCUT2D eigenvalue weighted by Gasteiger charge is 2.01. The van der Waals surface area contributed by atoms with Crippen molar-refractivity contribution < 1.29 is 4.79 Å². The number of rotatable bonds is 2. The summed E-state index contributed by atoms with van der Waals surface area (Å²) < 4.78 is 0. The summed E-state index contributed by atoms with van der Waals surface area (Å²) in [5, 5.41) is 3.78. The summed E-state index contributed by atoms with van der Waals surface area (Å²) in [6, 6.07) is 8.01. The van der Waals surface area contributed by atoms with Gasteiger partial charge in [-0.05, 0) is 23.1 Å². The predicted octanol–water partition coefficient (Wildman–Crippen LogP) is 1.46. The van der Waals surface area contributed by atoms with E-state index in [2.05, 4.69) is 10.3 Å². The third-order valence-electron chi connectivity index (χ3n) is 2.26. The molecule has 2 rings (SSSR count). The molecule has 1 amide bonds. The summed E-state index contributed by atoms with van der Waals surface area (Å²) in [5.41, 5.74) is 2.10. The zero-order valence-corrected chi connectivity index (χ0v) is 8.00. The topological polar surface area (TPSA) is 44.9 Å². The Labute approximate surface area is 82.1 Å². The van der Waals surface area contributed by atoms with Crippen LogP contribution in [0.25, 0.3) is 10.9 Å². The first kappa shape index (κ1) is 8.81. The molecule has 0 radical (unpaired) electrons. The van der Waals surface area contributed by atoms with E-state index in [1.54, 1.807) is 7.05 Å². The minimum absolute atomic E-state index is 0.0379. The number of hydrogen-bond acceptors (Lipinski definition) is 1. The van der Waals surface area contributed by atoms with Crippen molar-refractivity contribution in [2.45, 2.75) is 6.42 Å². The third-order valence-corrected chi connectivity index (χ3v) is 2.26. The van der Waals surface area contributed by atoms with Gasteiger partial charge < -0.3 is 10.3 Å². The molecule has 0 saturated heterocycles. The number of likely N-dealkylation sites (N-methyl/N-ethyl adjacent to an activating group) is 1. The van der Waals surface area contributed by atoms with E-state index >= 15 is 0 Å². The Morgan fingerprint density at radius 2 is 2.29 bits per heavy atom. The van der Waals surface area contributed by atoms with Gasteiger partial charge in [0.25, 0.3) is 0 Å². The van der Waals surface area contributed by atoms with Crippen molar-refractivity contribution in [1.82, 2.24) is 10.3 Å². The molecule has 0 saturated carbocycles. The Morgan fingerprint density at radius 1 is 1.43 bits per heavy atom. The lowest BCUT2D eigenvalue weighted by atomic mass is 10.1. The second kappa shape index (κ2) is 3.54. The molecule has 14 heavy (non-hydrogen) atoms. The molecule has 3 nitrogen and oxygen atoms in total. The van der Waals surface area contributed by atoms with Crippen LogP contribution >= 0.6 is 0 Å². The highest BCUT2D eigenvalue weighted by atomic mass is 16.1. The maximum Gasteiger partial charge on any atom is 0.224 e. The number of benzene rings is 1. The van der Waals surface area contributed by atoms with Crippen molar-refractivity contribution in [3.63, 3.8) is 0 Å². The molecule has 3 heteroatoms. The number of hydrogen-bond donors (Lipinski definition) is 2. The molecule has 0 atom stereocenters. The minimum Gasteiger partial charge on any atom is -0.361 e. The molecule has 0 fully saturated rings. The van der Waals surface area contributed by atoms with E-state index in [0.717, 1.165) is 11.1 Å². The van der Waals surface area contributed by atoms with Gasteiger partial charge in [0, 0.05) is 18.8 Å². The van der Waals surface area contributed by atoms with Gasteiger partial charge >= 0.3 is 0 Å². The molecule has 0 spiro atoms. The molecule has 2 aromatic rings. The molecule has 1 heterocycles. The van der Waals surface area contributed by atoms with Crippen molar-refractivity contribution in [1.29, 1.82) is 0 Å². The molecule has 2 N–H and O–H groups in total. The number of aromatic nitrogens is 1. The normalized spacial score (nSPS) is 10.4. The van der Waals surface area contributed by atoms with E-state index in [9.17, 15) is 4.79 Å². The largest absolute Gasteiger partial charge is 0.361 e. The quantitative estimate of drug-likeness (QED) is 0.736.